The summed E-state index contributed by atoms with van der Waals surface area (Å²) in [6, 6.07) is 0. The zero-order chi connectivity index (χ0) is 14.1. The SMILES string of the molecule is CCNC(=NCCCSC)N1CCSC(C(C)C)C1.I. The molecule has 0 saturated carbocycles. The van der Waals surface area contributed by atoms with Crippen LogP contribution in [0.5, 0.6) is 0 Å². The van der Waals surface area contributed by atoms with Crippen LogP contribution in [0.2, 0.25) is 0 Å². The topological polar surface area (TPSA) is 27.6 Å². The lowest BCUT2D eigenvalue weighted by atomic mass is 10.1. The van der Waals surface area contributed by atoms with Crippen molar-refractivity contribution >= 4 is 53.5 Å². The van der Waals surface area contributed by atoms with Crippen molar-refractivity contribution in [1.29, 1.82) is 0 Å². The molecule has 3 nitrogen and oxygen atoms in total. The van der Waals surface area contributed by atoms with Gasteiger partial charge in [0.05, 0.1) is 0 Å². The highest BCUT2D eigenvalue weighted by Gasteiger charge is 2.24. The largest absolute Gasteiger partial charge is 0.357 e. The van der Waals surface area contributed by atoms with Crippen molar-refractivity contribution < 1.29 is 0 Å². The maximum atomic E-state index is 4.78. The molecule has 1 aliphatic rings. The second-order valence-electron chi connectivity index (χ2n) is 5.18. The molecule has 1 rings (SSSR count). The minimum atomic E-state index is 0. The minimum Gasteiger partial charge on any atom is -0.357 e. The van der Waals surface area contributed by atoms with Crippen LogP contribution in [0.15, 0.2) is 4.99 Å². The van der Waals surface area contributed by atoms with E-state index in [-0.39, 0.29) is 24.0 Å². The molecule has 0 bridgehead atoms. The van der Waals surface area contributed by atoms with Gasteiger partial charge in [0.25, 0.3) is 0 Å². The van der Waals surface area contributed by atoms with Gasteiger partial charge < -0.3 is 10.2 Å². The Bertz CT molecular complexity index is 275. The summed E-state index contributed by atoms with van der Waals surface area (Å²) < 4.78 is 0. The van der Waals surface area contributed by atoms with E-state index in [0.29, 0.717) is 0 Å². The van der Waals surface area contributed by atoms with Gasteiger partial charge in [0, 0.05) is 37.2 Å². The Hall–Kier alpha value is 0.700. The Morgan fingerprint density at radius 1 is 1.50 bits per heavy atom. The summed E-state index contributed by atoms with van der Waals surface area (Å²) in [5, 5.41) is 4.19. The Balaban J connectivity index is 0.00000361. The third kappa shape index (κ3) is 7.64. The highest BCUT2D eigenvalue weighted by Crippen LogP contribution is 2.24. The molecule has 0 spiro atoms. The first-order valence-corrected chi connectivity index (χ1v) is 9.77. The lowest BCUT2D eigenvalue weighted by Crippen LogP contribution is -2.49. The quantitative estimate of drug-likeness (QED) is 0.302. The van der Waals surface area contributed by atoms with Gasteiger partial charge >= 0.3 is 0 Å². The fourth-order valence-corrected chi connectivity index (χ4v) is 3.81. The number of rotatable bonds is 6. The van der Waals surface area contributed by atoms with Crippen LogP contribution in [0.4, 0.5) is 0 Å². The van der Waals surface area contributed by atoms with Crippen molar-refractivity contribution in [2.24, 2.45) is 10.9 Å². The van der Waals surface area contributed by atoms with Gasteiger partial charge in [-0.25, -0.2) is 0 Å². The van der Waals surface area contributed by atoms with Crippen LogP contribution in [0.3, 0.4) is 0 Å². The van der Waals surface area contributed by atoms with Crippen LogP contribution in [0.1, 0.15) is 27.2 Å². The molecule has 1 atom stereocenters. The van der Waals surface area contributed by atoms with E-state index < -0.39 is 0 Å². The third-order valence-corrected chi connectivity index (χ3v) is 5.48. The van der Waals surface area contributed by atoms with Gasteiger partial charge in [-0.15, -0.1) is 24.0 Å². The van der Waals surface area contributed by atoms with Crippen LogP contribution in [0.25, 0.3) is 0 Å². The van der Waals surface area contributed by atoms with Crippen LogP contribution >= 0.6 is 47.5 Å². The first kappa shape index (κ1) is 20.7. The van der Waals surface area contributed by atoms with Crippen molar-refractivity contribution in [3.8, 4) is 0 Å². The van der Waals surface area contributed by atoms with E-state index >= 15 is 0 Å². The maximum Gasteiger partial charge on any atom is 0.193 e. The van der Waals surface area contributed by atoms with Crippen molar-refractivity contribution in [3.63, 3.8) is 0 Å². The summed E-state index contributed by atoms with van der Waals surface area (Å²) in [6.45, 7) is 11.0. The number of guanidine groups is 1. The molecule has 0 aliphatic carbocycles. The lowest BCUT2D eigenvalue weighted by molar-refractivity contribution is 0.381. The molecule has 0 aromatic carbocycles. The molecule has 6 heteroatoms. The molecule has 1 N–H and O–H groups in total. The molecule has 1 saturated heterocycles. The Morgan fingerprint density at radius 3 is 2.85 bits per heavy atom. The van der Waals surface area contributed by atoms with Crippen molar-refractivity contribution in [1.82, 2.24) is 10.2 Å². The zero-order valence-electron chi connectivity index (χ0n) is 13.2. The highest BCUT2D eigenvalue weighted by atomic mass is 127. The minimum absolute atomic E-state index is 0. The van der Waals surface area contributed by atoms with Crippen LogP contribution in [0, 0.1) is 5.92 Å². The second kappa shape index (κ2) is 12.3. The third-order valence-electron chi connectivity index (χ3n) is 3.24. The summed E-state index contributed by atoms with van der Waals surface area (Å²) in [6.07, 6.45) is 3.33. The summed E-state index contributed by atoms with van der Waals surface area (Å²) in [4.78, 5) is 7.23. The second-order valence-corrected chi connectivity index (χ2v) is 7.51. The van der Waals surface area contributed by atoms with Gasteiger partial charge in [0.1, 0.15) is 0 Å². The van der Waals surface area contributed by atoms with E-state index in [1.807, 2.05) is 11.8 Å². The van der Waals surface area contributed by atoms with Crippen molar-refractivity contribution in [2.75, 3.05) is 43.9 Å². The average molecular weight is 431 g/mol. The number of hydrogen-bond acceptors (Lipinski definition) is 3. The molecule has 0 aromatic heterocycles. The van der Waals surface area contributed by atoms with E-state index in [1.165, 1.54) is 17.9 Å². The smallest absolute Gasteiger partial charge is 0.193 e. The predicted octanol–water partition coefficient (Wildman–Crippen LogP) is 3.40. The molecular weight excluding hydrogens is 401 g/mol. The van der Waals surface area contributed by atoms with Gasteiger partial charge in [-0.1, -0.05) is 13.8 Å². The summed E-state index contributed by atoms with van der Waals surface area (Å²) in [5.74, 6) is 4.28. The number of hydrogen-bond donors (Lipinski definition) is 1. The normalized spacial score (nSPS) is 19.9. The maximum absolute atomic E-state index is 4.78. The van der Waals surface area contributed by atoms with Crippen molar-refractivity contribution in [2.45, 2.75) is 32.4 Å². The highest BCUT2D eigenvalue weighted by molar-refractivity contribution is 14.0. The number of thioether (sulfide) groups is 2. The van der Waals surface area contributed by atoms with E-state index in [0.717, 1.165) is 43.3 Å². The predicted molar refractivity (Wildman–Crippen MR) is 107 cm³/mol. The van der Waals surface area contributed by atoms with Gasteiger partial charge in [-0.3, -0.25) is 4.99 Å². The van der Waals surface area contributed by atoms with Gasteiger partial charge in [-0.05, 0) is 31.3 Å². The number of aliphatic imine (C=N–C) groups is 1. The first-order valence-electron chi connectivity index (χ1n) is 7.32. The van der Waals surface area contributed by atoms with Crippen LogP contribution in [-0.4, -0.2) is 60.0 Å². The fourth-order valence-electron chi connectivity index (χ4n) is 2.09. The zero-order valence-corrected chi connectivity index (χ0v) is 17.2. The summed E-state index contributed by atoms with van der Waals surface area (Å²) in [5.41, 5.74) is 0. The summed E-state index contributed by atoms with van der Waals surface area (Å²) in [7, 11) is 0. The number of halogens is 1. The molecule has 0 amide bonds. The molecule has 0 aromatic rings. The van der Waals surface area contributed by atoms with Gasteiger partial charge in [0.2, 0.25) is 0 Å². The molecule has 0 radical (unpaired) electrons. The van der Waals surface area contributed by atoms with Gasteiger partial charge in [-0.2, -0.15) is 23.5 Å². The summed E-state index contributed by atoms with van der Waals surface area (Å²) >= 11 is 4.01. The standard InChI is InChI=1S/C14H29N3S2.HI/c1-5-15-14(16-7-6-9-18-4)17-8-10-19-13(11-17)12(2)3;/h12-13H,5-11H2,1-4H3,(H,15,16);1H. The van der Waals surface area contributed by atoms with Crippen LogP contribution < -0.4 is 5.32 Å². The Morgan fingerprint density at radius 2 is 2.25 bits per heavy atom. The molecule has 1 heterocycles. The molecular formula is C14H30IN3S2. The van der Waals surface area contributed by atoms with Crippen LogP contribution in [-0.2, 0) is 0 Å². The lowest BCUT2D eigenvalue weighted by Gasteiger charge is -2.36. The molecule has 1 fully saturated rings. The molecule has 20 heavy (non-hydrogen) atoms. The number of nitrogens with one attached hydrogen (secondary N) is 1. The Kier molecular flexibility index (Phi) is 12.7. The molecule has 1 aliphatic heterocycles. The number of nitrogens with zero attached hydrogens (tertiary/aromatic N) is 2. The molecule has 120 valence electrons. The van der Waals surface area contributed by atoms with E-state index in [1.54, 1.807) is 0 Å². The Labute approximate surface area is 150 Å². The van der Waals surface area contributed by atoms with E-state index in [2.05, 4.69) is 49.0 Å². The monoisotopic (exact) mass is 431 g/mol. The van der Waals surface area contributed by atoms with Crippen molar-refractivity contribution in [3.05, 3.63) is 0 Å². The van der Waals surface area contributed by atoms with E-state index in [9.17, 15) is 0 Å². The first-order chi connectivity index (χ1) is 9.19. The van der Waals surface area contributed by atoms with E-state index in [4.69, 9.17) is 4.99 Å². The average Bonchev–Trinajstić information content (AvgIpc) is 2.42. The molecule has 1 unspecified atom stereocenters. The fraction of sp³-hybridized carbons (Fsp3) is 0.929. The van der Waals surface area contributed by atoms with Gasteiger partial charge in [0.15, 0.2) is 5.96 Å².